The Morgan fingerprint density at radius 1 is 1.11 bits per heavy atom. The van der Waals surface area contributed by atoms with Gasteiger partial charge in [0.25, 0.3) is 11.5 Å². The van der Waals surface area contributed by atoms with Crippen LogP contribution >= 0.6 is 22.9 Å². The average Bonchev–Trinajstić information content (AvgIpc) is 3.18. The maximum absolute atomic E-state index is 13.7. The summed E-state index contributed by atoms with van der Waals surface area (Å²) in [6, 6.07) is 14.4. The Labute approximate surface area is 219 Å². The van der Waals surface area contributed by atoms with Crippen molar-refractivity contribution in [2.24, 2.45) is 4.99 Å². The number of hydrogen-bond acceptors (Lipinski definition) is 5. The van der Waals surface area contributed by atoms with Gasteiger partial charge in [-0.1, -0.05) is 54.1 Å². The molecule has 1 atom stereocenters. The molecule has 1 aliphatic rings. The van der Waals surface area contributed by atoms with Crippen LogP contribution in [0.4, 0.5) is 0 Å². The molecule has 1 amide bonds. The highest BCUT2D eigenvalue weighted by Crippen LogP contribution is 2.31. The maximum atomic E-state index is 13.7. The van der Waals surface area contributed by atoms with Gasteiger partial charge >= 0.3 is 0 Å². The van der Waals surface area contributed by atoms with Crippen molar-refractivity contribution in [1.82, 2.24) is 9.47 Å². The zero-order valence-corrected chi connectivity index (χ0v) is 22.5. The molecule has 0 radical (unpaired) electrons. The summed E-state index contributed by atoms with van der Waals surface area (Å²) in [4.78, 5) is 34.4. The van der Waals surface area contributed by atoms with Gasteiger partial charge in [0, 0.05) is 18.1 Å². The summed E-state index contributed by atoms with van der Waals surface area (Å²) in [5, 5.41) is 0.592. The van der Waals surface area contributed by atoms with Crippen LogP contribution in [0.1, 0.15) is 51.3 Å². The largest absolute Gasteiger partial charge is 0.494 e. The van der Waals surface area contributed by atoms with E-state index in [4.69, 9.17) is 21.3 Å². The Morgan fingerprint density at radius 2 is 1.78 bits per heavy atom. The lowest BCUT2D eigenvalue weighted by molar-refractivity contribution is -0.127. The zero-order valence-electron chi connectivity index (χ0n) is 21.0. The van der Waals surface area contributed by atoms with Crippen molar-refractivity contribution in [2.75, 3.05) is 19.7 Å². The number of rotatable bonds is 8. The number of ether oxygens (including phenoxy) is 1. The van der Waals surface area contributed by atoms with E-state index in [1.54, 1.807) is 21.6 Å². The van der Waals surface area contributed by atoms with Gasteiger partial charge in [-0.3, -0.25) is 14.2 Å². The van der Waals surface area contributed by atoms with Crippen molar-refractivity contribution in [3.05, 3.63) is 95.6 Å². The van der Waals surface area contributed by atoms with Gasteiger partial charge in [-0.05, 0) is 68.7 Å². The molecule has 6 nitrogen and oxygen atoms in total. The van der Waals surface area contributed by atoms with Crippen LogP contribution in [0.5, 0.6) is 5.75 Å². The quantitative estimate of drug-likeness (QED) is 0.435. The molecule has 1 aromatic heterocycles. The number of nitrogens with zero attached hydrogens (tertiary/aromatic N) is 3. The molecule has 0 spiro atoms. The average molecular weight is 524 g/mol. The number of benzene rings is 2. The molecule has 0 aliphatic carbocycles. The number of amides is 1. The first-order chi connectivity index (χ1) is 17.4. The number of halogens is 1. The molecule has 0 bridgehead atoms. The van der Waals surface area contributed by atoms with Crippen LogP contribution in [0.25, 0.3) is 6.08 Å². The predicted molar refractivity (Wildman–Crippen MR) is 145 cm³/mol. The minimum Gasteiger partial charge on any atom is -0.494 e. The molecular weight excluding hydrogens is 494 g/mol. The van der Waals surface area contributed by atoms with E-state index in [-0.39, 0.29) is 11.5 Å². The molecule has 0 fully saturated rings. The zero-order chi connectivity index (χ0) is 25.8. The van der Waals surface area contributed by atoms with Gasteiger partial charge in [-0.25, -0.2) is 4.99 Å². The van der Waals surface area contributed by atoms with Crippen molar-refractivity contribution < 1.29 is 9.53 Å². The molecule has 2 heterocycles. The Hall–Kier alpha value is -3.16. The molecule has 0 N–H and O–H groups in total. The second-order valence-electron chi connectivity index (χ2n) is 8.53. The number of hydrogen-bond donors (Lipinski definition) is 0. The molecule has 2 aromatic carbocycles. The van der Waals surface area contributed by atoms with E-state index in [2.05, 4.69) is 6.92 Å². The third-order valence-corrected chi connectivity index (χ3v) is 7.37. The van der Waals surface area contributed by atoms with Crippen molar-refractivity contribution in [3.63, 3.8) is 0 Å². The molecule has 0 saturated carbocycles. The predicted octanol–water partition coefficient (Wildman–Crippen LogP) is 4.55. The van der Waals surface area contributed by atoms with E-state index in [9.17, 15) is 9.59 Å². The molecule has 0 unspecified atom stereocenters. The van der Waals surface area contributed by atoms with Crippen molar-refractivity contribution >= 4 is 34.9 Å². The van der Waals surface area contributed by atoms with Crippen LogP contribution < -0.4 is 19.6 Å². The van der Waals surface area contributed by atoms with Crippen LogP contribution in [0.2, 0.25) is 5.02 Å². The first-order valence-corrected chi connectivity index (χ1v) is 13.4. The number of carbonyl (C=O) groups excluding carboxylic acids is 1. The summed E-state index contributed by atoms with van der Waals surface area (Å²) in [5.41, 5.74) is 2.66. The van der Waals surface area contributed by atoms with Gasteiger partial charge in [0.05, 0.1) is 28.5 Å². The summed E-state index contributed by atoms with van der Waals surface area (Å²) >= 11 is 7.48. The Balaban J connectivity index is 1.85. The first kappa shape index (κ1) is 25.9. The van der Waals surface area contributed by atoms with E-state index < -0.39 is 6.04 Å². The minimum absolute atomic E-state index is 0.113. The number of aromatic nitrogens is 1. The van der Waals surface area contributed by atoms with Gasteiger partial charge in [0.1, 0.15) is 5.75 Å². The van der Waals surface area contributed by atoms with E-state index >= 15 is 0 Å². The van der Waals surface area contributed by atoms with Gasteiger partial charge in [0.2, 0.25) is 0 Å². The minimum atomic E-state index is -0.585. The second-order valence-corrected chi connectivity index (χ2v) is 9.97. The van der Waals surface area contributed by atoms with Crippen LogP contribution in [0.3, 0.4) is 0 Å². The highest BCUT2D eigenvalue weighted by atomic mass is 35.5. The molecule has 3 aromatic rings. The number of likely N-dealkylation sites (N-methyl/N-ethyl adjacent to an activating group) is 1. The number of thiazole rings is 1. The summed E-state index contributed by atoms with van der Waals surface area (Å²) in [5.74, 6) is 0.687. The van der Waals surface area contributed by atoms with Gasteiger partial charge in [-0.15, -0.1) is 0 Å². The van der Waals surface area contributed by atoms with Crippen molar-refractivity contribution in [1.29, 1.82) is 0 Å². The molecule has 36 heavy (non-hydrogen) atoms. The lowest BCUT2D eigenvalue weighted by atomic mass is 9.94. The molecule has 0 saturated heterocycles. The normalized spacial score (nSPS) is 15.5. The molecule has 4 rings (SSSR count). The maximum Gasteiger partial charge on any atom is 0.271 e. The molecule has 8 heteroatoms. The summed E-state index contributed by atoms with van der Waals surface area (Å²) in [6.45, 7) is 9.60. The van der Waals surface area contributed by atoms with Crippen LogP contribution in [0.15, 0.2) is 69.6 Å². The topological polar surface area (TPSA) is 63.9 Å². The van der Waals surface area contributed by atoms with E-state index in [0.717, 1.165) is 23.3 Å². The fourth-order valence-corrected chi connectivity index (χ4v) is 5.44. The van der Waals surface area contributed by atoms with Gasteiger partial charge in [-0.2, -0.15) is 0 Å². The fourth-order valence-electron chi connectivity index (χ4n) is 4.27. The monoisotopic (exact) mass is 523 g/mol. The van der Waals surface area contributed by atoms with Gasteiger partial charge < -0.3 is 9.64 Å². The fraction of sp³-hybridized carbons (Fsp3) is 0.321. The number of allylic oxidation sites excluding steroid dienone is 1. The highest BCUT2D eigenvalue weighted by Gasteiger charge is 2.34. The summed E-state index contributed by atoms with van der Waals surface area (Å²) in [7, 11) is 0. The Morgan fingerprint density at radius 3 is 2.39 bits per heavy atom. The van der Waals surface area contributed by atoms with Crippen LogP contribution in [0, 0.1) is 0 Å². The van der Waals surface area contributed by atoms with Crippen molar-refractivity contribution in [2.45, 2.75) is 40.2 Å². The van der Waals surface area contributed by atoms with E-state index in [1.165, 1.54) is 11.3 Å². The Bertz CT molecular complexity index is 1450. The third-order valence-electron chi connectivity index (χ3n) is 6.14. The summed E-state index contributed by atoms with van der Waals surface area (Å²) in [6.07, 6.45) is 2.80. The molecule has 1 aliphatic heterocycles. The van der Waals surface area contributed by atoms with Crippen molar-refractivity contribution in [3.8, 4) is 5.75 Å². The first-order valence-electron chi connectivity index (χ1n) is 12.2. The Kier molecular flexibility index (Phi) is 8.11. The molecular formula is C28H30ClN3O3S. The second kappa shape index (κ2) is 11.3. The molecule has 188 valence electrons. The van der Waals surface area contributed by atoms with Crippen LogP contribution in [-0.4, -0.2) is 35.1 Å². The lowest BCUT2D eigenvalue weighted by Gasteiger charge is -2.29. The standard InChI is InChI=1S/C28H30ClN3O3S/c1-5-16-35-22-14-8-19(9-15-22)17-23-26(33)32-25(20-10-12-21(29)13-11-20)24(18(4)30-28(32)36-23)27(34)31(6-2)7-3/h8-15,17,25H,5-7,16H2,1-4H3/b23-17-/t25-/m1/s1. The van der Waals surface area contributed by atoms with Crippen LogP contribution in [-0.2, 0) is 4.79 Å². The third kappa shape index (κ3) is 5.18. The van der Waals surface area contributed by atoms with E-state index in [1.807, 2.05) is 63.2 Å². The summed E-state index contributed by atoms with van der Waals surface area (Å²) < 4.78 is 7.86. The smallest absolute Gasteiger partial charge is 0.271 e. The van der Waals surface area contributed by atoms with Gasteiger partial charge in [0.15, 0.2) is 4.80 Å². The number of fused-ring (bicyclic) bond motifs is 1. The SMILES string of the molecule is CCCOc1ccc(/C=c2\sc3n(c2=O)[C@H](c2ccc(Cl)cc2)C(C(=O)N(CC)CC)=C(C)N=3)cc1. The lowest BCUT2D eigenvalue weighted by Crippen LogP contribution is -2.43. The van der Waals surface area contributed by atoms with E-state index in [0.29, 0.717) is 45.3 Å². The highest BCUT2D eigenvalue weighted by molar-refractivity contribution is 7.07. The number of carbonyl (C=O) groups is 1.